The SMILES string of the molecule is Cc1cccc(-c2noc(CN3CCCNCC3)n2)n1. The molecule has 0 saturated carbocycles. The average molecular weight is 273 g/mol. The molecule has 2 aromatic heterocycles. The van der Waals surface area contributed by atoms with Crippen molar-refractivity contribution in [3.63, 3.8) is 0 Å². The lowest BCUT2D eigenvalue weighted by molar-refractivity contribution is 0.239. The predicted molar refractivity (Wildman–Crippen MR) is 75.0 cm³/mol. The van der Waals surface area contributed by atoms with Gasteiger partial charge >= 0.3 is 0 Å². The molecule has 3 rings (SSSR count). The van der Waals surface area contributed by atoms with E-state index < -0.39 is 0 Å². The molecule has 0 aromatic carbocycles. The highest BCUT2D eigenvalue weighted by Crippen LogP contribution is 2.14. The lowest BCUT2D eigenvalue weighted by Gasteiger charge is -2.16. The zero-order chi connectivity index (χ0) is 13.8. The fourth-order valence-electron chi connectivity index (χ4n) is 2.34. The Morgan fingerprint density at radius 3 is 3.10 bits per heavy atom. The highest BCUT2D eigenvalue weighted by atomic mass is 16.5. The summed E-state index contributed by atoms with van der Waals surface area (Å²) in [7, 11) is 0. The number of nitrogens with one attached hydrogen (secondary N) is 1. The first-order chi connectivity index (χ1) is 9.81. The Labute approximate surface area is 118 Å². The Morgan fingerprint density at radius 2 is 2.20 bits per heavy atom. The Bertz CT molecular complexity index is 560. The molecule has 0 aliphatic carbocycles. The molecule has 0 amide bonds. The molecule has 6 heteroatoms. The van der Waals surface area contributed by atoms with Gasteiger partial charge in [0.2, 0.25) is 11.7 Å². The van der Waals surface area contributed by atoms with Crippen LogP contribution in [0, 0.1) is 6.92 Å². The molecule has 106 valence electrons. The van der Waals surface area contributed by atoms with E-state index in [1.807, 2.05) is 25.1 Å². The molecule has 3 heterocycles. The van der Waals surface area contributed by atoms with Crippen molar-refractivity contribution < 1.29 is 4.52 Å². The van der Waals surface area contributed by atoms with Crippen LogP contribution in [0.3, 0.4) is 0 Å². The lowest BCUT2D eigenvalue weighted by Crippen LogP contribution is -2.27. The van der Waals surface area contributed by atoms with E-state index in [4.69, 9.17) is 4.52 Å². The molecule has 0 radical (unpaired) electrons. The van der Waals surface area contributed by atoms with Crippen LogP contribution in [-0.2, 0) is 6.54 Å². The van der Waals surface area contributed by atoms with Crippen molar-refractivity contribution in [3.05, 3.63) is 29.8 Å². The summed E-state index contributed by atoms with van der Waals surface area (Å²) in [5.74, 6) is 1.22. The molecule has 0 bridgehead atoms. The van der Waals surface area contributed by atoms with Gasteiger partial charge in [0.05, 0.1) is 6.54 Å². The lowest BCUT2D eigenvalue weighted by atomic mass is 10.3. The van der Waals surface area contributed by atoms with Gasteiger partial charge in [-0.3, -0.25) is 4.90 Å². The molecule has 6 nitrogen and oxygen atoms in total. The Kier molecular flexibility index (Phi) is 4.03. The second-order valence-electron chi connectivity index (χ2n) is 5.06. The maximum absolute atomic E-state index is 5.34. The predicted octanol–water partition coefficient (Wildman–Crippen LogP) is 1.24. The van der Waals surface area contributed by atoms with Crippen LogP contribution in [-0.4, -0.2) is 46.2 Å². The van der Waals surface area contributed by atoms with Crippen LogP contribution in [0.4, 0.5) is 0 Å². The van der Waals surface area contributed by atoms with Crippen LogP contribution >= 0.6 is 0 Å². The Balaban J connectivity index is 1.70. The minimum Gasteiger partial charge on any atom is -0.337 e. The largest absolute Gasteiger partial charge is 0.337 e. The van der Waals surface area contributed by atoms with E-state index in [0.29, 0.717) is 18.3 Å². The van der Waals surface area contributed by atoms with Gasteiger partial charge in [-0.1, -0.05) is 11.2 Å². The first-order valence-electron chi connectivity index (χ1n) is 7.01. The number of nitrogens with zero attached hydrogens (tertiary/aromatic N) is 4. The van der Waals surface area contributed by atoms with Gasteiger partial charge in [-0.2, -0.15) is 4.98 Å². The standard InChI is InChI=1S/C14H19N5O/c1-11-4-2-5-12(16-11)14-17-13(20-18-14)10-19-8-3-6-15-7-9-19/h2,4-5,15H,3,6-10H2,1H3. The van der Waals surface area contributed by atoms with Crippen molar-refractivity contribution in [1.29, 1.82) is 0 Å². The van der Waals surface area contributed by atoms with Gasteiger partial charge in [0.1, 0.15) is 5.69 Å². The number of pyridine rings is 1. The number of rotatable bonds is 3. The summed E-state index contributed by atoms with van der Waals surface area (Å²) in [6.45, 7) is 6.84. The van der Waals surface area contributed by atoms with E-state index in [1.54, 1.807) is 0 Å². The van der Waals surface area contributed by atoms with Crippen molar-refractivity contribution in [2.45, 2.75) is 19.9 Å². The van der Waals surface area contributed by atoms with Crippen molar-refractivity contribution in [1.82, 2.24) is 25.3 Å². The van der Waals surface area contributed by atoms with E-state index in [9.17, 15) is 0 Å². The van der Waals surface area contributed by atoms with Gasteiger partial charge in [0.15, 0.2) is 0 Å². The summed E-state index contributed by atoms with van der Waals surface area (Å²) in [4.78, 5) is 11.2. The quantitative estimate of drug-likeness (QED) is 0.907. The van der Waals surface area contributed by atoms with Crippen LogP contribution in [0.2, 0.25) is 0 Å². The fourth-order valence-corrected chi connectivity index (χ4v) is 2.34. The van der Waals surface area contributed by atoms with Crippen molar-refractivity contribution >= 4 is 0 Å². The van der Waals surface area contributed by atoms with E-state index in [0.717, 1.165) is 44.0 Å². The van der Waals surface area contributed by atoms with Crippen LogP contribution in [0.15, 0.2) is 22.7 Å². The molecule has 20 heavy (non-hydrogen) atoms. The van der Waals surface area contributed by atoms with Crippen molar-refractivity contribution in [3.8, 4) is 11.5 Å². The molecule has 0 atom stereocenters. The van der Waals surface area contributed by atoms with E-state index >= 15 is 0 Å². The van der Waals surface area contributed by atoms with Crippen molar-refractivity contribution in [2.75, 3.05) is 26.2 Å². The maximum atomic E-state index is 5.34. The molecule has 1 N–H and O–H groups in total. The first kappa shape index (κ1) is 13.2. The number of aryl methyl sites for hydroxylation is 1. The molecule has 1 aliphatic rings. The molecular formula is C14H19N5O. The molecule has 0 spiro atoms. The van der Waals surface area contributed by atoms with Gasteiger partial charge in [-0.15, -0.1) is 0 Å². The van der Waals surface area contributed by atoms with E-state index in [-0.39, 0.29) is 0 Å². The third kappa shape index (κ3) is 3.20. The number of aromatic nitrogens is 3. The number of hydrogen-bond acceptors (Lipinski definition) is 6. The summed E-state index contributed by atoms with van der Waals surface area (Å²) in [6.07, 6.45) is 1.15. The molecule has 1 fully saturated rings. The van der Waals surface area contributed by atoms with Gasteiger partial charge < -0.3 is 9.84 Å². The molecule has 1 aliphatic heterocycles. The Morgan fingerprint density at radius 1 is 1.25 bits per heavy atom. The molecule has 2 aromatic rings. The van der Waals surface area contributed by atoms with Crippen molar-refractivity contribution in [2.24, 2.45) is 0 Å². The second kappa shape index (κ2) is 6.11. The van der Waals surface area contributed by atoms with E-state index in [1.165, 1.54) is 0 Å². The minimum atomic E-state index is 0.566. The van der Waals surface area contributed by atoms with Gasteiger partial charge in [0.25, 0.3) is 0 Å². The van der Waals surface area contributed by atoms with Gasteiger partial charge in [-0.05, 0) is 38.6 Å². The van der Waals surface area contributed by atoms with Gasteiger partial charge in [-0.25, -0.2) is 4.98 Å². The highest BCUT2D eigenvalue weighted by molar-refractivity contribution is 5.47. The zero-order valence-electron chi connectivity index (χ0n) is 11.7. The van der Waals surface area contributed by atoms with Crippen LogP contribution in [0.25, 0.3) is 11.5 Å². The monoisotopic (exact) mass is 273 g/mol. The molecular weight excluding hydrogens is 254 g/mol. The zero-order valence-corrected chi connectivity index (χ0v) is 11.7. The maximum Gasteiger partial charge on any atom is 0.241 e. The van der Waals surface area contributed by atoms with Crippen LogP contribution < -0.4 is 5.32 Å². The topological polar surface area (TPSA) is 67.1 Å². The summed E-state index contributed by atoms with van der Waals surface area (Å²) >= 11 is 0. The summed E-state index contributed by atoms with van der Waals surface area (Å²) < 4.78 is 5.34. The van der Waals surface area contributed by atoms with Crippen LogP contribution in [0.1, 0.15) is 18.0 Å². The minimum absolute atomic E-state index is 0.566. The fraction of sp³-hybridized carbons (Fsp3) is 0.500. The van der Waals surface area contributed by atoms with Crippen LogP contribution in [0.5, 0.6) is 0 Å². The average Bonchev–Trinajstić information content (AvgIpc) is 2.75. The normalized spacial score (nSPS) is 17.1. The third-order valence-corrected chi connectivity index (χ3v) is 3.38. The molecule has 0 unspecified atom stereocenters. The molecule has 1 saturated heterocycles. The van der Waals surface area contributed by atoms with E-state index in [2.05, 4.69) is 25.3 Å². The Hall–Kier alpha value is -1.79. The second-order valence-corrected chi connectivity index (χ2v) is 5.06. The summed E-state index contributed by atoms with van der Waals surface area (Å²) in [6, 6.07) is 5.81. The summed E-state index contributed by atoms with van der Waals surface area (Å²) in [5.41, 5.74) is 1.71. The smallest absolute Gasteiger partial charge is 0.241 e. The number of hydrogen-bond donors (Lipinski definition) is 1. The van der Waals surface area contributed by atoms with Gasteiger partial charge in [0, 0.05) is 18.8 Å². The first-order valence-corrected chi connectivity index (χ1v) is 7.01. The highest BCUT2D eigenvalue weighted by Gasteiger charge is 2.14. The summed E-state index contributed by atoms with van der Waals surface area (Å²) in [5, 5.41) is 7.41. The third-order valence-electron chi connectivity index (χ3n) is 3.38.